The molecule has 200 valence electrons. The number of esters is 1. The van der Waals surface area contributed by atoms with Crippen molar-refractivity contribution in [3.05, 3.63) is 66.2 Å². The van der Waals surface area contributed by atoms with Crippen LogP contribution in [-0.4, -0.2) is 63.6 Å². The summed E-state index contributed by atoms with van der Waals surface area (Å²) in [6.07, 6.45) is -0.973. The second-order valence-corrected chi connectivity index (χ2v) is 12.3. The first-order chi connectivity index (χ1) is 17.4. The lowest BCUT2D eigenvalue weighted by molar-refractivity contribution is -0.164. The summed E-state index contributed by atoms with van der Waals surface area (Å²) in [6.45, 7) is 9.14. The zero-order valence-electron chi connectivity index (χ0n) is 22.1. The lowest BCUT2D eigenvalue weighted by Crippen LogP contribution is -2.60. The highest BCUT2D eigenvalue weighted by atomic mass is 32.2. The first-order valence-electron chi connectivity index (χ1n) is 12.3. The molecule has 0 aliphatic carbocycles. The summed E-state index contributed by atoms with van der Waals surface area (Å²) in [5, 5.41) is 2.98. The Morgan fingerprint density at radius 1 is 1.08 bits per heavy atom. The molecule has 1 saturated heterocycles. The molecule has 0 bridgehead atoms. The van der Waals surface area contributed by atoms with Gasteiger partial charge >= 0.3 is 5.97 Å². The van der Waals surface area contributed by atoms with Crippen molar-refractivity contribution in [3.63, 3.8) is 0 Å². The van der Waals surface area contributed by atoms with Crippen molar-refractivity contribution in [2.75, 3.05) is 12.5 Å². The summed E-state index contributed by atoms with van der Waals surface area (Å²) < 4.78 is 10.6. The molecular formula is C28H37N3O5S. The quantitative estimate of drug-likeness (QED) is 0.482. The van der Waals surface area contributed by atoms with Gasteiger partial charge in [-0.25, -0.2) is 4.79 Å². The molecule has 8 nitrogen and oxygen atoms in total. The predicted molar refractivity (Wildman–Crippen MR) is 145 cm³/mol. The van der Waals surface area contributed by atoms with Gasteiger partial charge in [0.15, 0.2) is 12.7 Å². The first-order valence-corrected chi connectivity index (χ1v) is 13.3. The monoisotopic (exact) mass is 527 g/mol. The van der Waals surface area contributed by atoms with Crippen molar-refractivity contribution >= 4 is 29.5 Å². The maximum atomic E-state index is 13.9. The average Bonchev–Trinajstić information content (AvgIpc) is 3.16. The molecule has 3 N–H and O–H groups in total. The molecule has 1 fully saturated rings. The molecule has 9 heteroatoms. The van der Waals surface area contributed by atoms with Crippen molar-refractivity contribution in [2.24, 2.45) is 5.73 Å². The van der Waals surface area contributed by atoms with Crippen molar-refractivity contribution in [1.29, 1.82) is 0 Å². The molecule has 2 amide bonds. The van der Waals surface area contributed by atoms with Gasteiger partial charge in [-0.1, -0.05) is 48.5 Å². The van der Waals surface area contributed by atoms with E-state index in [0.717, 1.165) is 5.56 Å². The molecule has 2 aromatic carbocycles. The molecule has 3 atom stereocenters. The highest BCUT2D eigenvalue weighted by molar-refractivity contribution is 8.00. The summed E-state index contributed by atoms with van der Waals surface area (Å²) in [5.41, 5.74) is 6.92. The fourth-order valence-electron chi connectivity index (χ4n) is 4.16. The number of nitrogens with one attached hydrogen (secondary N) is 1. The number of hydrogen-bond acceptors (Lipinski definition) is 7. The van der Waals surface area contributed by atoms with Crippen molar-refractivity contribution in [1.82, 2.24) is 10.2 Å². The second kappa shape index (κ2) is 12.0. The minimum atomic E-state index is -1.29. The zero-order valence-corrected chi connectivity index (χ0v) is 22.9. The minimum absolute atomic E-state index is 0.259. The number of rotatable bonds is 9. The molecule has 0 saturated carbocycles. The highest BCUT2D eigenvalue weighted by Gasteiger charge is 2.50. The fourth-order valence-corrected chi connectivity index (χ4v) is 5.30. The van der Waals surface area contributed by atoms with Crippen LogP contribution in [0.4, 0.5) is 0 Å². The van der Waals surface area contributed by atoms with Crippen molar-refractivity contribution < 1.29 is 23.9 Å². The van der Waals surface area contributed by atoms with Gasteiger partial charge in [-0.15, -0.1) is 11.8 Å². The van der Waals surface area contributed by atoms with Gasteiger partial charge in [0.25, 0.3) is 5.91 Å². The maximum absolute atomic E-state index is 13.9. The van der Waals surface area contributed by atoms with Crippen molar-refractivity contribution in [3.8, 4) is 5.75 Å². The van der Waals surface area contributed by atoms with Gasteiger partial charge in [-0.3, -0.25) is 9.59 Å². The number of amides is 2. The molecule has 0 radical (unpaired) electrons. The summed E-state index contributed by atoms with van der Waals surface area (Å²) in [7, 11) is 0. The van der Waals surface area contributed by atoms with Crippen LogP contribution in [0.15, 0.2) is 60.7 Å². The van der Waals surface area contributed by atoms with Crippen LogP contribution in [0.5, 0.6) is 5.75 Å². The minimum Gasteiger partial charge on any atom is -0.482 e. The van der Waals surface area contributed by atoms with E-state index in [2.05, 4.69) is 5.32 Å². The van der Waals surface area contributed by atoms with Crippen molar-refractivity contribution in [2.45, 2.75) is 69.5 Å². The van der Waals surface area contributed by atoms with Gasteiger partial charge in [-0.05, 0) is 58.7 Å². The standard InChI is InChI=1S/C28H37N3O5S/c1-27(2,3)30-25(33)24-28(4,5)37-18-31(24)26(34)23(21(29)16-19-12-8-6-9-13-19)36-22(32)17-35-20-14-10-7-11-15-20/h6-15,21,23-24H,16-18,29H2,1-5H3,(H,30,33)/t21-,23-,24+/m0/s1. The molecule has 1 heterocycles. The van der Waals surface area contributed by atoms with Gasteiger partial charge in [0.1, 0.15) is 11.8 Å². The van der Waals surface area contributed by atoms with Crippen LogP contribution >= 0.6 is 11.8 Å². The Bertz CT molecular complexity index is 1070. The van der Waals surface area contributed by atoms with Gasteiger partial charge in [0, 0.05) is 10.3 Å². The molecule has 1 aliphatic heterocycles. The van der Waals surface area contributed by atoms with Gasteiger partial charge in [-0.2, -0.15) is 0 Å². The van der Waals surface area contributed by atoms with Gasteiger partial charge in [0.2, 0.25) is 5.91 Å². The summed E-state index contributed by atoms with van der Waals surface area (Å²) in [6, 6.07) is 16.7. The Labute approximate surface area is 223 Å². The van der Waals surface area contributed by atoms with E-state index in [9.17, 15) is 14.4 Å². The summed E-state index contributed by atoms with van der Waals surface area (Å²) in [5.74, 6) is -0.686. The van der Waals surface area contributed by atoms with Gasteiger partial charge < -0.3 is 25.4 Å². The molecular weight excluding hydrogens is 490 g/mol. The molecule has 1 aliphatic rings. The van der Waals surface area contributed by atoms with E-state index in [1.807, 2.05) is 71.0 Å². The van der Waals surface area contributed by atoms with Crippen LogP contribution in [0.25, 0.3) is 0 Å². The Hall–Kier alpha value is -3.04. The normalized spacial score (nSPS) is 18.5. The van der Waals surface area contributed by atoms with Crippen LogP contribution in [-0.2, 0) is 25.5 Å². The third-order valence-electron chi connectivity index (χ3n) is 5.88. The summed E-state index contributed by atoms with van der Waals surface area (Å²) >= 11 is 1.50. The summed E-state index contributed by atoms with van der Waals surface area (Å²) in [4.78, 5) is 41.4. The first kappa shape index (κ1) is 28.5. The van der Waals surface area contributed by atoms with Gasteiger partial charge in [0.05, 0.1) is 11.9 Å². The van der Waals surface area contributed by atoms with E-state index in [0.29, 0.717) is 12.2 Å². The molecule has 2 aromatic rings. The number of nitrogens with two attached hydrogens (primary N) is 1. The number of para-hydroxylation sites is 1. The number of benzene rings is 2. The second-order valence-electron chi connectivity index (χ2n) is 10.7. The highest BCUT2D eigenvalue weighted by Crippen LogP contribution is 2.40. The number of hydrogen-bond donors (Lipinski definition) is 2. The Kier molecular flexibility index (Phi) is 9.26. The van der Waals surface area contributed by atoms with E-state index < -0.39 is 40.4 Å². The largest absolute Gasteiger partial charge is 0.482 e. The van der Waals surface area contributed by atoms with Crippen LogP contribution in [0.1, 0.15) is 40.2 Å². The number of thioether (sulfide) groups is 1. The molecule has 0 aromatic heterocycles. The molecule has 0 unspecified atom stereocenters. The Morgan fingerprint density at radius 3 is 2.27 bits per heavy atom. The van der Waals surface area contributed by atoms with E-state index in [1.165, 1.54) is 16.7 Å². The van der Waals surface area contributed by atoms with Crippen LogP contribution in [0.3, 0.4) is 0 Å². The number of carbonyl (C=O) groups excluding carboxylic acids is 3. The average molecular weight is 528 g/mol. The zero-order chi connectivity index (χ0) is 27.2. The van der Waals surface area contributed by atoms with Crippen LogP contribution in [0.2, 0.25) is 0 Å². The molecule has 3 rings (SSSR count). The van der Waals surface area contributed by atoms with E-state index in [-0.39, 0.29) is 18.4 Å². The molecule has 0 spiro atoms. The number of ether oxygens (including phenoxy) is 2. The number of carbonyl (C=O) groups is 3. The Balaban J connectivity index is 1.82. The number of nitrogens with zero attached hydrogens (tertiary/aromatic N) is 1. The smallest absolute Gasteiger partial charge is 0.345 e. The molecule has 37 heavy (non-hydrogen) atoms. The third kappa shape index (κ3) is 7.97. The maximum Gasteiger partial charge on any atom is 0.345 e. The van der Waals surface area contributed by atoms with E-state index >= 15 is 0 Å². The van der Waals surface area contributed by atoms with Crippen LogP contribution < -0.4 is 15.8 Å². The lowest BCUT2D eigenvalue weighted by atomic mass is 9.96. The Morgan fingerprint density at radius 2 is 1.68 bits per heavy atom. The predicted octanol–water partition coefficient (Wildman–Crippen LogP) is 3.14. The fraction of sp³-hybridized carbons (Fsp3) is 0.464. The SMILES string of the molecule is CC(C)(C)NC(=O)[C@H]1N(C(=O)[C@@H](OC(=O)COc2ccccc2)[C@@H](N)Cc2ccccc2)CSC1(C)C. The topological polar surface area (TPSA) is 111 Å². The third-order valence-corrected chi connectivity index (χ3v) is 7.25. The van der Waals surface area contributed by atoms with E-state index in [4.69, 9.17) is 15.2 Å². The lowest BCUT2D eigenvalue weighted by Gasteiger charge is -2.35. The van der Waals surface area contributed by atoms with E-state index in [1.54, 1.807) is 24.3 Å². The van der Waals surface area contributed by atoms with Crippen LogP contribution in [0, 0.1) is 0 Å².